The Bertz CT molecular complexity index is 1260. The number of nitrogens with one attached hydrogen (secondary N) is 1. The first kappa shape index (κ1) is 23.1. The van der Waals surface area contributed by atoms with Gasteiger partial charge in [0.15, 0.2) is 0 Å². The van der Waals surface area contributed by atoms with E-state index in [2.05, 4.69) is 58.2 Å². The molecule has 5 rings (SSSR count). The molecular formula is C31H39N5O. The van der Waals surface area contributed by atoms with Crippen molar-refractivity contribution in [3.8, 4) is 0 Å². The summed E-state index contributed by atoms with van der Waals surface area (Å²) in [4.78, 5) is 26.2. The van der Waals surface area contributed by atoms with Crippen LogP contribution in [0.25, 0.3) is 0 Å². The third-order valence-electron chi connectivity index (χ3n) is 7.85. The van der Waals surface area contributed by atoms with E-state index in [1.165, 1.54) is 11.1 Å². The molecule has 2 unspecified atom stereocenters. The molecule has 1 N–H and O–H groups in total. The molecule has 6 heteroatoms. The summed E-state index contributed by atoms with van der Waals surface area (Å²) in [5, 5.41) is 2.88. The van der Waals surface area contributed by atoms with Gasteiger partial charge in [0.25, 0.3) is 5.91 Å². The number of anilines is 1. The van der Waals surface area contributed by atoms with Crippen LogP contribution in [0, 0.1) is 6.92 Å². The van der Waals surface area contributed by atoms with Gasteiger partial charge in [0.05, 0.1) is 0 Å². The predicted octanol–water partition coefficient (Wildman–Crippen LogP) is 5.66. The zero-order chi connectivity index (χ0) is 27.4. The van der Waals surface area contributed by atoms with Crippen molar-refractivity contribution < 1.29 is 7.54 Å². The molecular weight excluding hydrogens is 458 g/mol. The van der Waals surface area contributed by atoms with Gasteiger partial charge in [-0.05, 0) is 101 Å². The molecule has 2 fully saturated rings. The van der Waals surface area contributed by atoms with Gasteiger partial charge in [0, 0.05) is 51.1 Å². The quantitative estimate of drug-likeness (QED) is 0.474. The van der Waals surface area contributed by atoms with Crippen molar-refractivity contribution in [2.24, 2.45) is 0 Å². The molecule has 1 amide bonds. The molecule has 4 heterocycles. The van der Waals surface area contributed by atoms with Crippen LogP contribution in [-0.4, -0.2) is 57.3 Å². The van der Waals surface area contributed by atoms with Crippen LogP contribution < -0.4 is 5.32 Å². The monoisotopic (exact) mass is 499 g/mol. The summed E-state index contributed by atoms with van der Waals surface area (Å²) >= 11 is 0. The van der Waals surface area contributed by atoms with Gasteiger partial charge in [-0.1, -0.05) is 30.3 Å². The van der Waals surface area contributed by atoms with Crippen LogP contribution in [0.2, 0.25) is 0 Å². The van der Waals surface area contributed by atoms with Crippen LogP contribution in [0.5, 0.6) is 0 Å². The van der Waals surface area contributed by atoms with E-state index >= 15 is 0 Å². The highest BCUT2D eigenvalue weighted by Gasteiger charge is 2.32. The lowest BCUT2D eigenvalue weighted by Gasteiger charge is -2.41. The minimum Gasteiger partial charge on any atom is -0.321 e. The average Bonchev–Trinajstić information content (AvgIpc) is 3.05. The number of piperidine rings is 1. The maximum absolute atomic E-state index is 12.8. The molecule has 6 nitrogen and oxygen atoms in total. The second-order valence-corrected chi connectivity index (χ2v) is 10.5. The summed E-state index contributed by atoms with van der Waals surface area (Å²) in [5.41, 5.74) is 4.63. The first-order chi connectivity index (χ1) is 18.8. The van der Waals surface area contributed by atoms with Crippen molar-refractivity contribution in [3.05, 3.63) is 89.5 Å². The fourth-order valence-electron chi connectivity index (χ4n) is 5.74. The number of carbonyl (C=O) groups is 1. The van der Waals surface area contributed by atoms with Gasteiger partial charge in [0.2, 0.25) is 0 Å². The van der Waals surface area contributed by atoms with Gasteiger partial charge in [-0.2, -0.15) is 0 Å². The Morgan fingerprint density at radius 1 is 1.05 bits per heavy atom. The zero-order valence-corrected chi connectivity index (χ0v) is 21.9. The third-order valence-corrected chi connectivity index (χ3v) is 7.85. The van der Waals surface area contributed by atoms with Crippen LogP contribution in [0.4, 0.5) is 5.69 Å². The molecule has 2 saturated heterocycles. The number of aryl methyl sites for hydroxylation is 1. The lowest BCUT2D eigenvalue weighted by molar-refractivity contribution is 0.0777. The Kier molecular flexibility index (Phi) is 7.46. The zero-order valence-electron chi connectivity index (χ0n) is 23.9. The number of nitrogens with zero attached hydrogens (tertiary/aromatic N) is 4. The van der Waals surface area contributed by atoms with Crippen LogP contribution in [0.3, 0.4) is 0 Å². The Morgan fingerprint density at radius 2 is 1.84 bits per heavy atom. The number of benzene rings is 1. The minimum absolute atomic E-state index is 0.0801. The second-order valence-electron chi connectivity index (χ2n) is 10.5. The highest BCUT2D eigenvalue weighted by Crippen LogP contribution is 2.33. The number of hydrogen-bond acceptors (Lipinski definition) is 5. The molecule has 2 atom stereocenters. The van der Waals surface area contributed by atoms with Crippen molar-refractivity contribution >= 4 is 11.6 Å². The van der Waals surface area contributed by atoms with E-state index in [4.69, 9.17) is 7.73 Å². The molecule has 0 aliphatic carbocycles. The first-order valence-corrected chi connectivity index (χ1v) is 13.5. The normalized spacial score (nSPS) is 24.1. The smallest absolute Gasteiger partial charge is 0.274 e. The summed E-state index contributed by atoms with van der Waals surface area (Å²) < 4.78 is 18.1. The summed E-state index contributed by atoms with van der Waals surface area (Å²) in [6.45, 7) is 5.89. The fraction of sp³-hybridized carbons (Fsp3) is 0.452. The molecule has 0 saturated carbocycles. The number of likely N-dealkylation sites (tertiary alicyclic amines) is 2. The number of carbonyl (C=O) groups excluding carboxylic acids is 1. The Balaban J connectivity index is 1.24. The Labute approximate surface area is 223 Å². The third kappa shape index (κ3) is 6.43. The summed E-state index contributed by atoms with van der Waals surface area (Å²) in [6.07, 6.45) is 7.22. The molecule has 1 aromatic carbocycles. The number of rotatable bonds is 6. The highest BCUT2D eigenvalue weighted by atomic mass is 16.1. The summed E-state index contributed by atoms with van der Waals surface area (Å²) in [7, 11) is 0. The SMILES string of the molecule is [2H]C1([2H])CCC(c2cccc(C(=O)Nc3ccncc3)n2)CC(C)N1C1CCN(Cc2ccccc2C)CC1. The molecule has 2 aliphatic rings. The Morgan fingerprint density at radius 3 is 2.62 bits per heavy atom. The van der Waals surface area contributed by atoms with Gasteiger partial charge in [-0.15, -0.1) is 0 Å². The summed E-state index contributed by atoms with van der Waals surface area (Å²) in [5.74, 6) is -0.144. The molecule has 194 valence electrons. The molecule has 0 radical (unpaired) electrons. The molecule has 37 heavy (non-hydrogen) atoms. The Hall–Kier alpha value is -3.09. The van der Waals surface area contributed by atoms with E-state index in [0.717, 1.165) is 44.6 Å². The topological polar surface area (TPSA) is 61.4 Å². The van der Waals surface area contributed by atoms with Crippen LogP contribution in [-0.2, 0) is 6.54 Å². The maximum atomic E-state index is 12.8. The van der Waals surface area contributed by atoms with Gasteiger partial charge < -0.3 is 5.32 Å². The highest BCUT2D eigenvalue weighted by molar-refractivity contribution is 6.02. The largest absolute Gasteiger partial charge is 0.321 e. The molecule has 0 spiro atoms. The van der Waals surface area contributed by atoms with Crippen molar-refractivity contribution in [1.29, 1.82) is 0 Å². The van der Waals surface area contributed by atoms with Crippen molar-refractivity contribution in [2.75, 3.05) is 24.9 Å². The fourth-order valence-corrected chi connectivity index (χ4v) is 5.74. The minimum atomic E-state index is -1.37. The predicted molar refractivity (Wildman–Crippen MR) is 149 cm³/mol. The number of hydrogen-bond donors (Lipinski definition) is 1. The number of amides is 1. The van der Waals surface area contributed by atoms with Crippen molar-refractivity contribution in [1.82, 2.24) is 19.8 Å². The molecule has 2 aliphatic heterocycles. The van der Waals surface area contributed by atoms with E-state index in [9.17, 15) is 4.79 Å². The number of pyridine rings is 2. The number of aromatic nitrogens is 2. The second kappa shape index (κ2) is 12.0. The van der Waals surface area contributed by atoms with Gasteiger partial charge in [0.1, 0.15) is 5.69 Å². The van der Waals surface area contributed by atoms with E-state index in [1.807, 2.05) is 12.1 Å². The first-order valence-electron chi connectivity index (χ1n) is 14.5. The molecule has 0 bridgehead atoms. The standard InChI is InChI=1S/C31H39N5O/c1-23-7-3-4-8-26(23)22-35-19-14-28(15-20-35)36-18-6-9-25(21-24(36)2)29-10-5-11-30(34-29)31(37)33-27-12-16-32-17-13-27/h3-5,7-8,10-13,16-17,24-25,28H,6,9,14-15,18-22H2,1-2H3,(H,32,33,37)/i18D2. The van der Waals surface area contributed by atoms with E-state index in [-0.39, 0.29) is 23.9 Å². The van der Waals surface area contributed by atoms with E-state index in [1.54, 1.807) is 30.6 Å². The molecule has 2 aromatic heterocycles. The molecule has 3 aromatic rings. The lowest BCUT2D eigenvalue weighted by atomic mass is 9.92. The lowest BCUT2D eigenvalue weighted by Crippen LogP contribution is -2.48. The van der Waals surface area contributed by atoms with Crippen molar-refractivity contribution in [2.45, 2.75) is 70.5 Å². The van der Waals surface area contributed by atoms with Crippen LogP contribution >= 0.6 is 0 Å². The van der Waals surface area contributed by atoms with E-state index in [0.29, 0.717) is 24.2 Å². The van der Waals surface area contributed by atoms with Crippen LogP contribution in [0.1, 0.15) is 75.0 Å². The van der Waals surface area contributed by atoms with E-state index < -0.39 is 6.50 Å². The summed E-state index contributed by atoms with van der Waals surface area (Å²) in [6, 6.07) is 18.0. The van der Waals surface area contributed by atoms with Gasteiger partial charge >= 0.3 is 0 Å². The maximum Gasteiger partial charge on any atom is 0.274 e. The van der Waals surface area contributed by atoms with Crippen LogP contribution in [0.15, 0.2) is 67.0 Å². The van der Waals surface area contributed by atoms with Gasteiger partial charge in [-0.3, -0.25) is 19.6 Å². The van der Waals surface area contributed by atoms with Crippen molar-refractivity contribution in [3.63, 3.8) is 0 Å². The van der Waals surface area contributed by atoms with Gasteiger partial charge in [-0.25, -0.2) is 4.98 Å². The average molecular weight is 500 g/mol.